The number of methoxy groups -OCH3 is 2. The van der Waals surface area contributed by atoms with Gasteiger partial charge in [-0.1, -0.05) is 11.6 Å². The van der Waals surface area contributed by atoms with E-state index in [1.54, 1.807) is 14.2 Å². The van der Waals surface area contributed by atoms with E-state index < -0.39 is 0 Å². The number of rotatable bonds is 5. The highest BCUT2D eigenvalue weighted by Gasteiger charge is 2.26. The van der Waals surface area contributed by atoms with Crippen molar-refractivity contribution in [3.8, 4) is 11.5 Å². The summed E-state index contributed by atoms with van der Waals surface area (Å²) in [6.45, 7) is 1.05. The van der Waals surface area contributed by atoms with Gasteiger partial charge in [0, 0.05) is 28.3 Å². The summed E-state index contributed by atoms with van der Waals surface area (Å²) < 4.78 is 10.9. The topological polar surface area (TPSA) is 21.7 Å². The van der Waals surface area contributed by atoms with E-state index in [0.29, 0.717) is 6.04 Å². The molecule has 6 heteroatoms. The van der Waals surface area contributed by atoms with Gasteiger partial charge >= 0.3 is 0 Å². The van der Waals surface area contributed by atoms with E-state index in [1.165, 1.54) is 16.0 Å². The molecule has 0 aromatic heterocycles. The fourth-order valence-electron chi connectivity index (χ4n) is 3.08. The molecule has 0 radical (unpaired) electrons. The molecule has 1 unspecified atom stereocenters. The number of halogens is 2. The molecule has 1 atom stereocenters. The van der Waals surface area contributed by atoms with Crippen LogP contribution in [0.1, 0.15) is 17.2 Å². The van der Waals surface area contributed by atoms with E-state index in [1.807, 2.05) is 23.9 Å². The summed E-state index contributed by atoms with van der Waals surface area (Å²) in [7, 11) is 5.56. The van der Waals surface area contributed by atoms with Crippen molar-refractivity contribution in [2.45, 2.75) is 17.4 Å². The van der Waals surface area contributed by atoms with Gasteiger partial charge in [-0.3, -0.25) is 4.90 Å². The summed E-state index contributed by atoms with van der Waals surface area (Å²) >= 11 is 7.82. The van der Waals surface area contributed by atoms with E-state index in [9.17, 15) is 0 Å². The summed E-state index contributed by atoms with van der Waals surface area (Å²) in [5, 5.41) is 0.774. The third-order valence-electron chi connectivity index (χ3n) is 4.49. The Morgan fingerprint density at radius 2 is 1.76 bits per heavy atom. The lowest BCUT2D eigenvalue weighted by Gasteiger charge is -2.35. The smallest absolute Gasteiger partial charge is 0.161 e. The van der Waals surface area contributed by atoms with Crippen LogP contribution in [-0.4, -0.2) is 38.5 Å². The second-order valence-corrected chi connectivity index (χ2v) is 7.45. The number of fused-ring (bicyclic) bond motifs is 1. The highest BCUT2D eigenvalue weighted by molar-refractivity contribution is 7.99. The van der Waals surface area contributed by atoms with Crippen LogP contribution in [0.2, 0.25) is 5.02 Å². The maximum absolute atomic E-state index is 5.97. The number of thioether (sulfide) groups is 1. The molecule has 2 aromatic rings. The van der Waals surface area contributed by atoms with Gasteiger partial charge in [0.25, 0.3) is 0 Å². The predicted octanol–water partition coefficient (Wildman–Crippen LogP) is 5.10. The molecule has 1 aliphatic rings. The molecule has 0 bridgehead atoms. The molecular formula is C19H23Cl2NO2S. The van der Waals surface area contributed by atoms with Crippen molar-refractivity contribution in [2.75, 3.05) is 33.6 Å². The Morgan fingerprint density at radius 1 is 1.12 bits per heavy atom. The Balaban J connectivity index is 0.00000225. The van der Waals surface area contributed by atoms with E-state index >= 15 is 0 Å². The van der Waals surface area contributed by atoms with E-state index in [-0.39, 0.29) is 12.4 Å². The second kappa shape index (κ2) is 9.04. The van der Waals surface area contributed by atoms with Gasteiger partial charge in [-0.25, -0.2) is 0 Å². The van der Waals surface area contributed by atoms with Crippen molar-refractivity contribution in [3.63, 3.8) is 0 Å². The van der Waals surface area contributed by atoms with Crippen molar-refractivity contribution >= 4 is 35.8 Å². The average molecular weight is 400 g/mol. The molecule has 0 amide bonds. The predicted molar refractivity (Wildman–Crippen MR) is 108 cm³/mol. The van der Waals surface area contributed by atoms with Gasteiger partial charge in [-0.15, -0.1) is 24.2 Å². The average Bonchev–Trinajstić information content (AvgIpc) is 2.61. The van der Waals surface area contributed by atoms with Crippen LogP contribution in [0.4, 0.5) is 0 Å². The summed E-state index contributed by atoms with van der Waals surface area (Å²) in [6, 6.07) is 12.6. The number of nitrogens with zero attached hydrogens (tertiary/aromatic N) is 1. The maximum Gasteiger partial charge on any atom is 0.161 e. The zero-order chi connectivity index (χ0) is 17.1. The molecule has 1 heterocycles. The number of hydrogen-bond donors (Lipinski definition) is 0. The van der Waals surface area contributed by atoms with Gasteiger partial charge in [0.1, 0.15) is 0 Å². The molecule has 0 saturated carbocycles. The zero-order valence-electron chi connectivity index (χ0n) is 14.6. The Hall–Kier alpha value is -1.07. The highest BCUT2D eigenvalue weighted by atomic mass is 35.5. The van der Waals surface area contributed by atoms with Crippen LogP contribution in [0, 0.1) is 0 Å². The maximum atomic E-state index is 5.97. The lowest BCUT2D eigenvalue weighted by Crippen LogP contribution is -2.33. The molecule has 136 valence electrons. The molecular weight excluding hydrogens is 377 g/mol. The lowest BCUT2D eigenvalue weighted by atomic mass is 9.93. The van der Waals surface area contributed by atoms with E-state index in [4.69, 9.17) is 21.1 Å². The summed E-state index contributed by atoms with van der Waals surface area (Å²) in [4.78, 5) is 3.65. The molecule has 25 heavy (non-hydrogen) atoms. The molecule has 0 spiro atoms. The Kier molecular flexibility index (Phi) is 7.32. The molecule has 0 N–H and O–H groups in total. The van der Waals surface area contributed by atoms with Crippen molar-refractivity contribution in [3.05, 3.63) is 52.5 Å². The van der Waals surface area contributed by atoms with Gasteiger partial charge in [-0.05, 0) is 61.0 Å². The quantitative estimate of drug-likeness (QED) is 0.651. The van der Waals surface area contributed by atoms with E-state index in [2.05, 4.69) is 36.2 Å². The fourth-order valence-corrected chi connectivity index (χ4v) is 4.32. The second-order valence-electron chi connectivity index (χ2n) is 5.92. The number of hydrogen-bond acceptors (Lipinski definition) is 4. The first-order valence-electron chi connectivity index (χ1n) is 7.95. The minimum atomic E-state index is 0. The van der Waals surface area contributed by atoms with Crippen LogP contribution >= 0.6 is 35.8 Å². The SMILES string of the molecule is COc1cc2c(cc1OC)C(CSc1ccc(Cl)cc1)N(C)CC2.Cl. The lowest BCUT2D eigenvalue weighted by molar-refractivity contribution is 0.249. The summed E-state index contributed by atoms with van der Waals surface area (Å²) in [6.07, 6.45) is 1.04. The molecule has 2 aromatic carbocycles. The highest BCUT2D eigenvalue weighted by Crippen LogP contribution is 2.39. The van der Waals surface area contributed by atoms with Crippen LogP contribution in [0.25, 0.3) is 0 Å². The number of benzene rings is 2. The monoisotopic (exact) mass is 399 g/mol. The third-order valence-corrected chi connectivity index (χ3v) is 5.83. The minimum absolute atomic E-state index is 0. The standard InChI is InChI=1S/C19H22ClNO2S.ClH/c1-21-9-8-13-10-18(22-2)19(23-3)11-16(13)17(21)12-24-15-6-4-14(20)5-7-15;/h4-7,10-11,17H,8-9,12H2,1-3H3;1H. The Labute approximate surface area is 165 Å². The zero-order valence-corrected chi connectivity index (χ0v) is 17.0. The van der Waals surface area contributed by atoms with Crippen molar-refractivity contribution in [2.24, 2.45) is 0 Å². The molecule has 0 fully saturated rings. The molecule has 3 rings (SSSR count). The number of ether oxygens (including phenoxy) is 2. The van der Waals surface area contributed by atoms with Crippen LogP contribution < -0.4 is 9.47 Å². The Bertz CT molecular complexity index is 709. The molecule has 3 nitrogen and oxygen atoms in total. The first kappa shape index (κ1) is 20.2. The van der Waals surface area contributed by atoms with Crippen molar-refractivity contribution in [1.29, 1.82) is 0 Å². The molecule has 0 aliphatic carbocycles. The molecule has 0 saturated heterocycles. The van der Waals surface area contributed by atoms with Gasteiger partial charge in [0.2, 0.25) is 0 Å². The first-order chi connectivity index (χ1) is 11.6. The minimum Gasteiger partial charge on any atom is -0.493 e. The molecule has 1 aliphatic heterocycles. The normalized spacial score (nSPS) is 16.7. The Morgan fingerprint density at radius 3 is 2.40 bits per heavy atom. The van der Waals surface area contributed by atoms with Crippen LogP contribution in [0.5, 0.6) is 11.5 Å². The van der Waals surface area contributed by atoms with Crippen LogP contribution in [-0.2, 0) is 6.42 Å². The van der Waals surface area contributed by atoms with Gasteiger partial charge in [-0.2, -0.15) is 0 Å². The van der Waals surface area contributed by atoms with Crippen molar-refractivity contribution < 1.29 is 9.47 Å². The van der Waals surface area contributed by atoms with E-state index in [0.717, 1.165) is 35.2 Å². The van der Waals surface area contributed by atoms with Crippen LogP contribution in [0.3, 0.4) is 0 Å². The third kappa shape index (κ3) is 4.56. The van der Waals surface area contributed by atoms with Gasteiger partial charge < -0.3 is 9.47 Å². The first-order valence-corrected chi connectivity index (χ1v) is 9.32. The van der Waals surface area contributed by atoms with Gasteiger partial charge in [0.15, 0.2) is 11.5 Å². The van der Waals surface area contributed by atoms with Crippen LogP contribution in [0.15, 0.2) is 41.3 Å². The summed E-state index contributed by atoms with van der Waals surface area (Å²) in [5.41, 5.74) is 2.69. The number of likely N-dealkylation sites (N-methyl/N-ethyl adjacent to an activating group) is 1. The van der Waals surface area contributed by atoms with Gasteiger partial charge in [0.05, 0.1) is 14.2 Å². The largest absolute Gasteiger partial charge is 0.493 e. The fraction of sp³-hybridized carbons (Fsp3) is 0.368. The van der Waals surface area contributed by atoms with Crippen molar-refractivity contribution in [1.82, 2.24) is 4.90 Å². The summed E-state index contributed by atoms with van der Waals surface area (Å²) in [5.74, 6) is 2.60.